The van der Waals surface area contributed by atoms with Gasteiger partial charge in [-0.2, -0.15) is 0 Å². The smallest absolute Gasteiger partial charge is 0.375 e. The molecule has 5 rings (SSSR count). The van der Waals surface area contributed by atoms with E-state index < -0.39 is 33.4 Å². The Morgan fingerprint density at radius 3 is 2.69 bits per heavy atom. The Kier molecular flexibility index (Phi) is 5.71. The van der Waals surface area contributed by atoms with Gasteiger partial charge in [0.15, 0.2) is 17.2 Å². The second-order valence-corrected chi connectivity index (χ2v) is 12.0. The maximum atomic E-state index is 13.6. The zero-order valence-corrected chi connectivity index (χ0v) is 21.6. The van der Waals surface area contributed by atoms with Crippen LogP contribution in [0.1, 0.15) is 57.0 Å². The number of fused-ring (bicyclic) bond motifs is 5. The summed E-state index contributed by atoms with van der Waals surface area (Å²) in [4.78, 5) is 37.7. The summed E-state index contributed by atoms with van der Waals surface area (Å²) < 4.78 is 11.3. The van der Waals surface area contributed by atoms with E-state index >= 15 is 0 Å². The van der Waals surface area contributed by atoms with Crippen molar-refractivity contribution in [3.8, 4) is 0 Å². The van der Waals surface area contributed by atoms with Gasteiger partial charge in [0, 0.05) is 16.7 Å². The second kappa shape index (κ2) is 8.06. The summed E-state index contributed by atoms with van der Waals surface area (Å²) in [5.41, 5.74) is -2.20. The molecule has 0 unspecified atom stereocenters. The molecule has 1 aromatic heterocycles. The lowest BCUT2D eigenvalue weighted by molar-refractivity contribution is -0.177. The van der Waals surface area contributed by atoms with Gasteiger partial charge in [-0.1, -0.05) is 32.4 Å². The fourth-order valence-electron chi connectivity index (χ4n) is 8.09. The number of ether oxygens (including phenoxy) is 1. The molecule has 3 saturated carbocycles. The van der Waals surface area contributed by atoms with E-state index in [1.54, 1.807) is 12.1 Å². The number of aliphatic hydroxyl groups excluding tert-OH is 1. The number of Topliss-reactive ketones (excluding diaryl/α,β-unsaturated/α-hetero) is 1. The molecule has 0 bridgehead atoms. The Morgan fingerprint density at radius 2 is 2.03 bits per heavy atom. The minimum Gasteiger partial charge on any atom is -0.457 e. The Hall–Kier alpha value is -1.89. The first-order valence-corrected chi connectivity index (χ1v) is 13.0. The number of ketones is 2. The molecule has 4 aliphatic rings. The van der Waals surface area contributed by atoms with E-state index in [0.717, 1.165) is 5.57 Å². The fourth-order valence-corrected chi connectivity index (χ4v) is 8.81. The van der Waals surface area contributed by atoms with Crippen LogP contribution in [0.4, 0.5) is 0 Å². The lowest BCUT2D eigenvalue weighted by Gasteiger charge is -2.64. The molecule has 0 aromatic carbocycles. The van der Waals surface area contributed by atoms with Gasteiger partial charge < -0.3 is 14.3 Å². The first-order valence-electron chi connectivity index (χ1n) is 12.1. The molecule has 3 fully saturated rings. The summed E-state index contributed by atoms with van der Waals surface area (Å²) >= 11 is 13.6. The molecule has 1 N–H and O–H groups in total. The molecule has 4 aliphatic carbocycles. The molecule has 188 valence electrons. The maximum Gasteiger partial charge on any atom is 0.375 e. The van der Waals surface area contributed by atoms with Crippen molar-refractivity contribution in [1.82, 2.24) is 0 Å². The van der Waals surface area contributed by atoms with Crippen molar-refractivity contribution >= 4 is 40.7 Å². The highest BCUT2D eigenvalue weighted by Crippen LogP contribution is 2.72. The molecule has 35 heavy (non-hydrogen) atoms. The van der Waals surface area contributed by atoms with Gasteiger partial charge in [0.05, 0.1) is 23.1 Å². The molecule has 0 saturated heterocycles. The number of rotatable bonds is 4. The summed E-state index contributed by atoms with van der Waals surface area (Å²) in [6, 6.07) is 3.07. The molecule has 0 spiro atoms. The van der Waals surface area contributed by atoms with Gasteiger partial charge in [-0.05, 0) is 61.8 Å². The van der Waals surface area contributed by atoms with E-state index in [4.69, 9.17) is 32.4 Å². The summed E-state index contributed by atoms with van der Waals surface area (Å²) in [7, 11) is 0. The average Bonchev–Trinajstić information content (AvgIpc) is 3.42. The Balaban J connectivity index is 1.61. The standard InChI is InChI=1S/C27H30Cl2O6/c1-15-11-19-18-7-6-16-12-17(30)8-9-24(16,2)26(18,29)21(31)13-25(19,3)27(15,22(32)14-28)35-23(33)20-5-4-10-34-20/h4-5,8-10,12,15,18-19,21,31H,6-7,11,13-14H2,1-3H3/t15-,18+,19+,21-,24+,25+,26-,27-/m1/s1. The molecule has 6 nitrogen and oxygen atoms in total. The Morgan fingerprint density at radius 1 is 1.29 bits per heavy atom. The molecule has 1 heterocycles. The number of hydrogen-bond donors (Lipinski definition) is 1. The third-order valence-corrected chi connectivity index (χ3v) is 10.9. The van der Waals surface area contributed by atoms with Crippen LogP contribution in [0.15, 0.2) is 46.6 Å². The van der Waals surface area contributed by atoms with Crippen molar-refractivity contribution in [3.63, 3.8) is 0 Å². The van der Waals surface area contributed by atoms with E-state index in [9.17, 15) is 19.5 Å². The topological polar surface area (TPSA) is 93.8 Å². The highest BCUT2D eigenvalue weighted by molar-refractivity contribution is 6.29. The average molecular weight is 521 g/mol. The number of furan rings is 1. The number of hydrogen-bond acceptors (Lipinski definition) is 6. The highest BCUT2D eigenvalue weighted by Gasteiger charge is 2.76. The van der Waals surface area contributed by atoms with Crippen molar-refractivity contribution in [2.45, 2.75) is 63.0 Å². The minimum atomic E-state index is -1.53. The van der Waals surface area contributed by atoms with E-state index in [0.29, 0.717) is 19.3 Å². The zero-order chi connectivity index (χ0) is 25.4. The Bertz CT molecular complexity index is 1140. The molecular weight excluding hydrogens is 491 g/mol. The third-order valence-electron chi connectivity index (χ3n) is 9.69. The number of halogens is 2. The highest BCUT2D eigenvalue weighted by atomic mass is 35.5. The molecule has 0 amide bonds. The van der Waals surface area contributed by atoms with Gasteiger partial charge in [0.2, 0.25) is 5.76 Å². The van der Waals surface area contributed by atoms with Gasteiger partial charge in [-0.3, -0.25) is 9.59 Å². The first kappa shape index (κ1) is 24.8. The lowest BCUT2D eigenvalue weighted by atomic mass is 9.45. The normalized spacial score (nSPS) is 44.2. The van der Waals surface area contributed by atoms with E-state index in [1.165, 1.54) is 18.4 Å². The van der Waals surface area contributed by atoms with E-state index in [1.807, 2.05) is 26.8 Å². The van der Waals surface area contributed by atoms with Crippen molar-refractivity contribution in [2.24, 2.45) is 28.6 Å². The van der Waals surface area contributed by atoms with Crippen molar-refractivity contribution < 1.29 is 28.6 Å². The predicted molar refractivity (Wildman–Crippen MR) is 130 cm³/mol. The third kappa shape index (κ3) is 3.02. The van der Waals surface area contributed by atoms with Crippen LogP contribution >= 0.6 is 23.2 Å². The summed E-state index contributed by atoms with van der Waals surface area (Å²) in [6.07, 6.45) is 7.44. The SMILES string of the molecule is C[C@@H]1C[C@H]2[C@@H]3CCC4=CC(=O)C=C[C@]4(C)[C@]3(Cl)[C@H](O)C[C@]2(C)[C@]1(OC(=O)c1ccco1)C(=O)CCl. The minimum absolute atomic E-state index is 0.00557. The van der Waals surface area contributed by atoms with Crippen LogP contribution in [0, 0.1) is 28.6 Å². The number of esters is 1. The zero-order valence-electron chi connectivity index (χ0n) is 20.1. The largest absolute Gasteiger partial charge is 0.457 e. The molecule has 0 radical (unpaired) electrons. The van der Waals surface area contributed by atoms with Crippen molar-refractivity contribution in [2.75, 3.05) is 5.88 Å². The van der Waals surface area contributed by atoms with Crippen LogP contribution in [0.5, 0.6) is 0 Å². The Labute approximate surface area is 214 Å². The molecule has 8 heteroatoms. The van der Waals surface area contributed by atoms with Gasteiger partial charge in [0.1, 0.15) is 0 Å². The quantitative estimate of drug-likeness (QED) is 0.449. The van der Waals surface area contributed by atoms with Gasteiger partial charge >= 0.3 is 5.97 Å². The molecule has 1 aromatic rings. The van der Waals surface area contributed by atoms with Gasteiger partial charge in [0.25, 0.3) is 0 Å². The van der Waals surface area contributed by atoms with Crippen LogP contribution in [0.3, 0.4) is 0 Å². The number of alkyl halides is 2. The van der Waals surface area contributed by atoms with Gasteiger partial charge in [-0.25, -0.2) is 4.79 Å². The monoisotopic (exact) mass is 520 g/mol. The van der Waals surface area contributed by atoms with E-state index in [-0.39, 0.29) is 47.4 Å². The van der Waals surface area contributed by atoms with Gasteiger partial charge in [-0.15, -0.1) is 23.2 Å². The van der Waals surface area contributed by atoms with Crippen LogP contribution in [0.2, 0.25) is 0 Å². The summed E-state index contributed by atoms with van der Waals surface area (Å²) in [6.45, 7) is 5.81. The van der Waals surface area contributed by atoms with Crippen LogP contribution in [-0.4, -0.2) is 45.1 Å². The number of carbonyl (C=O) groups excluding carboxylic acids is 3. The number of aliphatic hydroxyl groups is 1. The van der Waals surface area contributed by atoms with Crippen LogP contribution in [-0.2, 0) is 14.3 Å². The second-order valence-electron chi connectivity index (χ2n) is 11.1. The lowest BCUT2D eigenvalue weighted by Crippen LogP contribution is -2.69. The van der Waals surface area contributed by atoms with Crippen molar-refractivity contribution in [3.05, 3.63) is 48.0 Å². The summed E-state index contributed by atoms with van der Waals surface area (Å²) in [5.74, 6) is -2.12. The number of carbonyl (C=O) groups is 3. The maximum absolute atomic E-state index is 13.6. The predicted octanol–water partition coefficient (Wildman–Crippen LogP) is 4.87. The van der Waals surface area contributed by atoms with Crippen LogP contribution in [0.25, 0.3) is 0 Å². The first-order chi connectivity index (χ1) is 16.5. The van der Waals surface area contributed by atoms with Crippen molar-refractivity contribution in [1.29, 1.82) is 0 Å². The van der Waals surface area contributed by atoms with E-state index in [2.05, 4.69) is 0 Å². The summed E-state index contributed by atoms with van der Waals surface area (Å²) in [5, 5.41) is 11.8. The molecule has 8 atom stereocenters. The fraction of sp³-hybridized carbons (Fsp3) is 0.593. The molecular formula is C27H30Cl2O6. The number of allylic oxidation sites excluding steroid dienone is 4. The molecule has 0 aliphatic heterocycles. The van der Waals surface area contributed by atoms with Crippen LogP contribution < -0.4 is 0 Å².